The van der Waals surface area contributed by atoms with Gasteiger partial charge in [0.25, 0.3) is 0 Å². The number of hydrogen-bond donors (Lipinski definition) is 3. The van der Waals surface area contributed by atoms with Gasteiger partial charge in [-0.25, -0.2) is 9.59 Å². The molecule has 0 aromatic heterocycles. The average Bonchev–Trinajstić information content (AvgIpc) is 2.43. The highest BCUT2D eigenvalue weighted by atomic mass is 16.4. The second kappa shape index (κ2) is 9.64. The lowest BCUT2D eigenvalue weighted by molar-refractivity contribution is -0.139. The second-order valence-corrected chi connectivity index (χ2v) is 6.36. The van der Waals surface area contributed by atoms with E-state index in [-0.39, 0.29) is 6.03 Å². The lowest BCUT2D eigenvalue weighted by Crippen LogP contribution is -2.46. The van der Waals surface area contributed by atoms with Crippen molar-refractivity contribution in [3.8, 4) is 0 Å². The fraction of sp³-hybridized carbons (Fsp3) is 0.875. The lowest BCUT2D eigenvalue weighted by atomic mass is 9.81. The van der Waals surface area contributed by atoms with Gasteiger partial charge in [-0.2, -0.15) is 0 Å². The molecule has 0 bridgehead atoms. The summed E-state index contributed by atoms with van der Waals surface area (Å²) in [6.45, 7) is 4.92. The minimum atomic E-state index is -0.959. The molecule has 1 rings (SSSR count). The molecule has 122 valence electrons. The van der Waals surface area contributed by atoms with Crippen molar-refractivity contribution in [3.05, 3.63) is 0 Å². The van der Waals surface area contributed by atoms with Gasteiger partial charge in [0.1, 0.15) is 6.04 Å². The van der Waals surface area contributed by atoms with Crippen LogP contribution in [0, 0.1) is 11.8 Å². The first-order chi connectivity index (χ1) is 10.0. The molecule has 0 heterocycles. The maximum atomic E-state index is 11.7. The van der Waals surface area contributed by atoms with Crippen molar-refractivity contribution in [1.29, 1.82) is 0 Å². The Kier molecular flexibility index (Phi) is 8.16. The quantitative estimate of drug-likeness (QED) is 0.644. The van der Waals surface area contributed by atoms with Crippen LogP contribution >= 0.6 is 0 Å². The van der Waals surface area contributed by atoms with E-state index in [9.17, 15) is 9.59 Å². The molecule has 0 aromatic rings. The number of carboxylic acids is 1. The van der Waals surface area contributed by atoms with E-state index in [1.54, 1.807) is 0 Å². The van der Waals surface area contributed by atoms with Crippen LogP contribution in [-0.2, 0) is 4.79 Å². The molecule has 3 atom stereocenters. The van der Waals surface area contributed by atoms with Crippen molar-refractivity contribution in [2.75, 3.05) is 6.54 Å². The Balaban J connectivity index is 2.21. The summed E-state index contributed by atoms with van der Waals surface area (Å²) in [4.78, 5) is 22.8. The maximum absolute atomic E-state index is 11.7. The first-order valence-corrected chi connectivity index (χ1v) is 8.30. The van der Waals surface area contributed by atoms with E-state index in [0.717, 1.165) is 25.2 Å². The number of urea groups is 1. The summed E-state index contributed by atoms with van der Waals surface area (Å²) in [6.07, 6.45) is 8.31. The van der Waals surface area contributed by atoms with Gasteiger partial charge >= 0.3 is 12.0 Å². The van der Waals surface area contributed by atoms with Gasteiger partial charge in [0.05, 0.1) is 0 Å². The molecule has 0 aromatic carbocycles. The molecule has 1 saturated carbocycles. The topological polar surface area (TPSA) is 78.4 Å². The number of rotatable bonds is 8. The highest BCUT2D eigenvalue weighted by Gasteiger charge is 2.20. The number of carbonyl (C=O) groups is 2. The number of carbonyl (C=O) groups excluding carboxylic acids is 1. The summed E-state index contributed by atoms with van der Waals surface area (Å²) in [7, 11) is 0. The molecule has 0 saturated heterocycles. The number of nitrogens with one attached hydrogen (secondary N) is 2. The van der Waals surface area contributed by atoms with Crippen molar-refractivity contribution in [1.82, 2.24) is 10.6 Å². The van der Waals surface area contributed by atoms with Crippen molar-refractivity contribution in [2.45, 2.75) is 71.3 Å². The standard InChI is InChI=1S/C16H30N2O3/c1-3-4-8-14(15(19)20)18-16(21)17-10-9-13-7-5-6-12(2)11-13/h12-14H,3-11H2,1-2H3,(H,19,20)(H2,17,18,21). The van der Waals surface area contributed by atoms with Crippen LogP contribution in [0.5, 0.6) is 0 Å². The van der Waals surface area contributed by atoms with Gasteiger partial charge in [0.15, 0.2) is 0 Å². The zero-order chi connectivity index (χ0) is 15.7. The van der Waals surface area contributed by atoms with Crippen molar-refractivity contribution < 1.29 is 14.7 Å². The molecular formula is C16H30N2O3. The normalized spacial score (nSPS) is 23.3. The Morgan fingerprint density at radius 3 is 2.71 bits per heavy atom. The SMILES string of the molecule is CCCCC(NC(=O)NCCC1CCCC(C)C1)C(=O)O. The van der Waals surface area contributed by atoms with Crippen LogP contribution in [0.25, 0.3) is 0 Å². The Morgan fingerprint density at radius 2 is 2.10 bits per heavy atom. The molecule has 3 N–H and O–H groups in total. The average molecular weight is 298 g/mol. The second-order valence-electron chi connectivity index (χ2n) is 6.36. The van der Waals surface area contributed by atoms with Crippen molar-refractivity contribution in [2.24, 2.45) is 11.8 Å². The smallest absolute Gasteiger partial charge is 0.326 e. The molecule has 5 heteroatoms. The van der Waals surface area contributed by atoms with E-state index < -0.39 is 12.0 Å². The minimum Gasteiger partial charge on any atom is -0.480 e. The van der Waals surface area contributed by atoms with Gasteiger partial charge < -0.3 is 15.7 Å². The summed E-state index contributed by atoms with van der Waals surface area (Å²) >= 11 is 0. The number of unbranched alkanes of at least 4 members (excludes halogenated alkanes) is 1. The van der Waals surface area contributed by atoms with Gasteiger partial charge in [0, 0.05) is 6.54 Å². The number of carboxylic acid groups (broad SMARTS) is 1. The summed E-state index contributed by atoms with van der Waals surface area (Å²) < 4.78 is 0. The number of amides is 2. The molecule has 0 radical (unpaired) electrons. The molecule has 1 aliphatic carbocycles. The first-order valence-electron chi connectivity index (χ1n) is 8.30. The van der Waals surface area contributed by atoms with Gasteiger partial charge in [0.2, 0.25) is 0 Å². The van der Waals surface area contributed by atoms with E-state index in [0.29, 0.717) is 18.9 Å². The van der Waals surface area contributed by atoms with E-state index in [1.807, 2.05) is 6.92 Å². The zero-order valence-electron chi connectivity index (χ0n) is 13.4. The largest absolute Gasteiger partial charge is 0.480 e. The molecule has 21 heavy (non-hydrogen) atoms. The Labute approximate surface area is 127 Å². The predicted molar refractivity (Wildman–Crippen MR) is 83.2 cm³/mol. The highest BCUT2D eigenvalue weighted by Crippen LogP contribution is 2.30. The molecule has 1 fully saturated rings. The Bertz CT molecular complexity index is 333. The summed E-state index contributed by atoms with van der Waals surface area (Å²) in [6, 6.07) is -1.14. The summed E-state index contributed by atoms with van der Waals surface area (Å²) in [5.74, 6) is 0.534. The van der Waals surface area contributed by atoms with E-state index in [1.165, 1.54) is 25.7 Å². The summed E-state index contributed by atoms with van der Waals surface area (Å²) in [5.41, 5.74) is 0. The molecular weight excluding hydrogens is 268 g/mol. The molecule has 0 aliphatic heterocycles. The molecule has 0 spiro atoms. The maximum Gasteiger partial charge on any atom is 0.326 e. The van der Waals surface area contributed by atoms with Gasteiger partial charge in [-0.15, -0.1) is 0 Å². The van der Waals surface area contributed by atoms with Gasteiger partial charge in [-0.1, -0.05) is 46.0 Å². The number of aliphatic carboxylic acids is 1. The predicted octanol–water partition coefficient (Wildman–Crippen LogP) is 3.15. The first kappa shape index (κ1) is 17.8. The van der Waals surface area contributed by atoms with Crippen LogP contribution in [0.3, 0.4) is 0 Å². The molecule has 3 unspecified atom stereocenters. The lowest BCUT2D eigenvalue weighted by Gasteiger charge is -2.26. The van der Waals surface area contributed by atoms with Crippen LogP contribution < -0.4 is 10.6 Å². The van der Waals surface area contributed by atoms with Crippen LogP contribution in [0.2, 0.25) is 0 Å². The van der Waals surface area contributed by atoms with E-state index in [2.05, 4.69) is 17.6 Å². The van der Waals surface area contributed by atoms with Gasteiger partial charge in [-0.3, -0.25) is 0 Å². The third-order valence-corrected chi connectivity index (χ3v) is 4.33. The summed E-state index contributed by atoms with van der Waals surface area (Å²) in [5, 5.41) is 14.4. The minimum absolute atomic E-state index is 0.359. The Morgan fingerprint density at radius 1 is 1.33 bits per heavy atom. The van der Waals surface area contributed by atoms with Crippen molar-refractivity contribution >= 4 is 12.0 Å². The van der Waals surface area contributed by atoms with Crippen LogP contribution in [-0.4, -0.2) is 29.7 Å². The van der Waals surface area contributed by atoms with Gasteiger partial charge in [-0.05, 0) is 31.1 Å². The van der Waals surface area contributed by atoms with Crippen LogP contribution in [0.1, 0.15) is 65.2 Å². The monoisotopic (exact) mass is 298 g/mol. The zero-order valence-corrected chi connectivity index (χ0v) is 13.4. The molecule has 5 nitrogen and oxygen atoms in total. The fourth-order valence-electron chi connectivity index (χ4n) is 3.09. The van der Waals surface area contributed by atoms with E-state index in [4.69, 9.17) is 5.11 Å². The fourth-order valence-corrected chi connectivity index (χ4v) is 3.09. The van der Waals surface area contributed by atoms with E-state index >= 15 is 0 Å². The molecule has 2 amide bonds. The van der Waals surface area contributed by atoms with Crippen LogP contribution in [0.15, 0.2) is 0 Å². The highest BCUT2D eigenvalue weighted by molar-refractivity contribution is 5.82. The molecule has 1 aliphatic rings. The third-order valence-electron chi connectivity index (χ3n) is 4.33. The Hall–Kier alpha value is -1.26. The third kappa shape index (κ3) is 7.34. The van der Waals surface area contributed by atoms with Crippen LogP contribution in [0.4, 0.5) is 4.79 Å². The number of hydrogen-bond acceptors (Lipinski definition) is 2. The van der Waals surface area contributed by atoms with Crippen molar-refractivity contribution in [3.63, 3.8) is 0 Å².